The highest BCUT2D eigenvalue weighted by atomic mass is 32.2. The Morgan fingerprint density at radius 1 is 1.24 bits per heavy atom. The molecule has 2 unspecified atom stereocenters. The zero-order valence-electron chi connectivity index (χ0n) is 19.3. The average Bonchev–Trinajstić information content (AvgIpc) is 3.63. The molecule has 0 saturated carbocycles. The number of nitrogens with zero attached hydrogens (tertiary/aromatic N) is 3. The van der Waals surface area contributed by atoms with Crippen LogP contribution in [0.5, 0.6) is 0 Å². The first-order valence-corrected chi connectivity index (χ1v) is 14.9. The third kappa shape index (κ3) is 4.42. The lowest BCUT2D eigenvalue weighted by molar-refractivity contribution is -0.122. The zero-order chi connectivity index (χ0) is 23.9. The van der Waals surface area contributed by atoms with E-state index in [1.165, 1.54) is 27.0 Å². The van der Waals surface area contributed by atoms with Gasteiger partial charge in [0.2, 0.25) is 5.91 Å². The van der Waals surface area contributed by atoms with Crippen molar-refractivity contribution in [2.75, 3.05) is 24.6 Å². The molecule has 0 bridgehead atoms. The van der Waals surface area contributed by atoms with Gasteiger partial charge in [-0.3, -0.25) is 9.69 Å². The van der Waals surface area contributed by atoms with Crippen molar-refractivity contribution in [3.63, 3.8) is 0 Å². The van der Waals surface area contributed by atoms with Gasteiger partial charge >= 0.3 is 0 Å². The summed E-state index contributed by atoms with van der Waals surface area (Å²) < 4.78 is 35.2. The zero-order valence-corrected chi connectivity index (χ0v) is 21.8. The summed E-state index contributed by atoms with van der Waals surface area (Å²) in [6.45, 7) is 5.69. The molecule has 1 aromatic carbocycles. The molecule has 0 N–H and O–H groups in total. The molecule has 2 aliphatic heterocycles. The average molecular weight is 520 g/mol. The molecule has 0 spiro atoms. The van der Waals surface area contributed by atoms with Crippen LogP contribution in [0.4, 0.5) is 5.13 Å². The van der Waals surface area contributed by atoms with E-state index in [-0.39, 0.29) is 16.2 Å². The van der Waals surface area contributed by atoms with Crippen LogP contribution in [0.1, 0.15) is 51.0 Å². The summed E-state index contributed by atoms with van der Waals surface area (Å²) in [7, 11) is -3.72. The van der Waals surface area contributed by atoms with Gasteiger partial charge in [-0.25, -0.2) is 13.4 Å². The number of aromatic nitrogens is 1. The van der Waals surface area contributed by atoms with E-state index in [2.05, 4.69) is 19.9 Å². The van der Waals surface area contributed by atoms with Crippen LogP contribution in [0.15, 0.2) is 39.9 Å². The van der Waals surface area contributed by atoms with Crippen molar-refractivity contribution in [3.05, 3.63) is 41.3 Å². The highest BCUT2D eigenvalue weighted by Gasteiger charge is 2.43. The van der Waals surface area contributed by atoms with Crippen molar-refractivity contribution >= 4 is 54.0 Å². The van der Waals surface area contributed by atoms with E-state index < -0.39 is 16.1 Å². The SMILES string of the molecule is CC(C)c1cccc2sc(N(CC3CCCO3)C(=O)C3CCCN3S(=O)(=O)c3cccs3)nc12. The fraction of sp³-hybridized carbons (Fsp3) is 0.500. The van der Waals surface area contributed by atoms with Crippen molar-refractivity contribution in [2.24, 2.45) is 0 Å². The van der Waals surface area contributed by atoms with Gasteiger partial charge in [0.15, 0.2) is 5.13 Å². The molecule has 2 fully saturated rings. The fourth-order valence-corrected chi connectivity index (χ4v) is 8.56. The molecule has 0 aliphatic carbocycles. The smallest absolute Gasteiger partial charge is 0.253 e. The summed E-state index contributed by atoms with van der Waals surface area (Å²) in [5.74, 6) is 0.0977. The number of ether oxygens (including phenoxy) is 1. The minimum Gasteiger partial charge on any atom is -0.376 e. The Labute approximate surface area is 208 Å². The molecule has 7 nitrogen and oxygen atoms in total. The summed E-state index contributed by atoms with van der Waals surface area (Å²) in [5.41, 5.74) is 2.06. The van der Waals surface area contributed by atoms with E-state index in [0.717, 1.165) is 28.6 Å². The third-order valence-corrected chi connectivity index (χ3v) is 10.8. The molecule has 1 amide bonds. The maximum atomic E-state index is 14.0. The van der Waals surface area contributed by atoms with Gasteiger partial charge in [0.25, 0.3) is 10.0 Å². The first-order chi connectivity index (χ1) is 16.4. The number of thiophene rings is 1. The first-order valence-electron chi connectivity index (χ1n) is 11.7. The van der Waals surface area contributed by atoms with E-state index in [1.807, 2.05) is 12.1 Å². The Morgan fingerprint density at radius 2 is 2.09 bits per heavy atom. The molecule has 2 aliphatic rings. The quantitative estimate of drug-likeness (QED) is 0.446. The number of carbonyl (C=O) groups is 1. The van der Waals surface area contributed by atoms with Crippen LogP contribution in [-0.4, -0.2) is 55.5 Å². The van der Waals surface area contributed by atoms with Crippen molar-refractivity contribution in [2.45, 2.75) is 61.8 Å². The van der Waals surface area contributed by atoms with Gasteiger partial charge < -0.3 is 4.74 Å². The molecule has 3 aromatic rings. The Bertz CT molecular complexity index is 1260. The van der Waals surface area contributed by atoms with E-state index in [1.54, 1.807) is 22.4 Å². The number of rotatable bonds is 7. The lowest BCUT2D eigenvalue weighted by Gasteiger charge is -2.29. The lowest BCUT2D eigenvalue weighted by Crippen LogP contribution is -2.49. The van der Waals surface area contributed by atoms with E-state index >= 15 is 0 Å². The summed E-state index contributed by atoms with van der Waals surface area (Å²) in [5, 5.41) is 2.36. The molecule has 0 radical (unpaired) electrons. The van der Waals surface area contributed by atoms with Crippen LogP contribution in [0, 0.1) is 0 Å². The number of sulfonamides is 1. The van der Waals surface area contributed by atoms with Crippen LogP contribution >= 0.6 is 22.7 Å². The summed E-state index contributed by atoms with van der Waals surface area (Å²) >= 11 is 2.67. The highest BCUT2D eigenvalue weighted by Crippen LogP contribution is 2.36. The molecule has 2 atom stereocenters. The molecular weight excluding hydrogens is 490 g/mol. The van der Waals surface area contributed by atoms with Crippen molar-refractivity contribution in [1.29, 1.82) is 0 Å². The van der Waals surface area contributed by atoms with Crippen molar-refractivity contribution in [3.8, 4) is 0 Å². The number of benzene rings is 1. The second kappa shape index (κ2) is 9.66. The van der Waals surface area contributed by atoms with Gasteiger partial charge in [0, 0.05) is 13.2 Å². The van der Waals surface area contributed by atoms with E-state index in [4.69, 9.17) is 9.72 Å². The predicted octanol–water partition coefficient (Wildman–Crippen LogP) is 4.85. The summed E-state index contributed by atoms with van der Waals surface area (Å²) in [4.78, 5) is 20.6. The van der Waals surface area contributed by atoms with E-state index in [0.29, 0.717) is 43.6 Å². The van der Waals surface area contributed by atoms with Gasteiger partial charge in [-0.2, -0.15) is 4.31 Å². The number of hydrogen-bond donors (Lipinski definition) is 0. The van der Waals surface area contributed by atoms with E-state index in [9.17, 15) is 13.2 Å². The van der Waals surface area contributed by atoms with Gasteiger partial charge in [-0.1, -0.05) is 43.4 Å². The number of amides is 1. The lowest BCUT2D eigenvalue weighted by atomic mass is 10.0. The Kier molecular flexibility index (Phi) is 6.78. The first kappa shape index (κ1) is 23.9. The van der Waals surface area contributed by atoms with Gasteiger partial charge in [-0.15, -0.1) is 11.3 Å². The normalized spacial score (nSPS) is 21.6. The van der Waals surface area contributed by atoms with Gasteiger partial charge in [0.1, 0.15) is 10.3 Å². The predicted molar refractivity (Wildman–Crippen MR) is 136 cm³/mol. The Balaban J connectivity index is 1.51. The van der Waals surface area contributed by atoms with Crippen LogP contribution in [0.3, 0.4) is 0 Å². The molecule has 4 heterocycles. The minimum atomic E-state index is -3.72. The number of anilines is 1. The second-order valence-electron chi connectivity index (χ2n) is 9.13. The monoisotopic (exact) mass is 519 g/mol. The Morgan fingerprint density at radius 3 is 2.79 bits per heavy atom. The molecule has 2 aromatic heterocycles. The number of para-hydroxylation sites is 1. The maximum Gasteiger partial charge on any atom is 0.253 e. The molecule has 10 heteroatoms. The highest BCUT2D eigenvalue weighted by molar-refractivity contribution is 7.91. The van der Waals surface area contributed by atoms with Crippen LogP contribution in [-0.2, 0) is 19.6 Å². The molecule has 34 heavy (non-hydrogen) atoms. The van der Waals surface area contributed by atoms with Crippen LogP contribution in [0.25, 0.3) is 10.2 Å². The second-order valence-corrected chi connectivity index (χ2v) is 13.2. The molecule has 182 valence electrons. The number of carbonyl (C=O) groups excluding carboxylic acids is 1. The van der Waals surface area contributed by atoms with Gasteiger partial charge in [-0.05, 0) is 54.7 Å². The number of fused-ring (bicyclic) bond motifs is 1. The number of hydrogen-bond acceptors (Lipinski definition) is 7. The third-order valence-electron chi connectivity index (χ3n) is 6.51. The van der Waals surface area contributed by atoms with Crippen molar-refractivity contribution in [1.82, 2.24) is 9.29 Å². The summed E-state index contributed by atoms with van der Waals surface area (Å²) in [6, 6.07) is 8.73. The maximum absolute atomic E-state index is 14.0. The summed E-state index contributed by atoms with van der Waals surface area (Å²) in [6.07, 6.45) is 2.95. The topological polar surface area (TPSA) is 79.8 Å². The molecule has 2 saturated heterocycles. The molecule has 5 rings (SSSR count). The van der Waals surface area contributed by atoms with Crippen LogP contribution in [0.2, 0.25) is 0 Å². The molecular formula is C24H29N3O4S3. The number of thiazole rings is 1. The van der Waals surface area contributed by atoms with Gasteiger partial charge in [0.05, 0.1) is 22.9 Å². The van der Waals surface area contributed by atoms with Crippen molar-refractivity contribution < 1.29 is 17.9 Å². The van der Waals surface area contributed by atoms with Crippen LogP contribution < -0.4 is 4.90 Å². The Hall–Kier alpha value is -1.85. The largest absolute Gasteiger partial charge is 0.376 e. The fourth-order valence-electron chi connectivity index (χ4n) is 4.77. The standard InChI is InChI=1S/C24H29N3O4S3/c1-16(2)18-8-3-10-20-22(18)25-24(33-20)26(15-17-7-5-13-31-17)23(28)19-9-4-12-27(19)34(29,30)21-11-6-14-32-21/h3,6,8,10-11,14,16-17,19H,4-5,7,9,12-13,15H2,1-2H3. The minimum absolute atomic E-state index is 0.0655.